The monoisotopic (exact) mass is 278 g/mol. The summed E-state index contributed by atoms with van der Waals surface area (Å²) in [6, 6.07) is 10.0. The van der Waals surface area contributed by atoms with Crippen LogP contribution in [-0.4, -0.2) is 19.9 Å². The van der Waals surface area contributed by atoms with Crippen LogP contribution in [0.15, 0.2) is 55.2 Å². The molecule has 104 valence electrons. The summed E-state index contributed by atoms with van der Waals surface area (Å²) in [5.41, 5.74) is 8.49. The second-order valence-electron chi connectivity index (χ2n) is 4.46. The topological polar surface area (TPSA) is 89.6 Å². The van der Waals surface area contributed by atoms with Gasteiger partial charge in [-0.05, 0) is 5.56 Å². The number of aromatic nitrogens is 4. The van der Waals surface area contributed by atoms with E-state index >= 15 is 0 Å². The van der Waals surface area contributed by atoms with Crippen LogP contribution in [0.4, 0.5) is 11.6 Å². The van der Waals surface area contributed by atoms with E-state index in [9.17, 15) is 0 Å². The first-order chi connectivity index (χ1) is 10.3. The molecule has 0 aliphatic carbocycles. The minimum Gasteiger partial charge on any atom is -0.381 e. The standard InChI is InChI=1S/C15H14N6/c16-14-15(20-6-11-4-2-1-3-5-11)21-13(9-19-14)12-7-17-10-18-8-12/h1-5,7-10H,6H2,(H2,16,19)(H,20,21). The van der Waals surface area contributed by atoms with Gasteiger partial charge in [-0.2, -0.15) is 0 Å². The molecule has 2 heterocycles. The van der Waals surface area contributed by atoms with Crippen molar-refractivity contribution in [1.29, 1.82) is 0 Å². The Bertz CT molecular complexity index is 715. The van der Waals surface area contributed by atoms with Gasteiger partial charge in [0.1, 0.15) is 6.33 Å². The lowest BCUT2D eigenvalue weighted by Crippen LogP contribution is -2.06. The lowest BCUT2D eigenvalue weighted by atomic mass is 10.2. The summed E-state index contributed by atoms with van der Waals surface area (Å²) in [6.45, 7) is 0.633. The Labute approximate surface area is 122 Å². The molecule has 0 bridgehead atoms. The average Bonchev–Trinajstić information content (AvgIpc) is 2.56. The lowest BCUT2D eigenvalue weighted by molar-refractivity contribution is 1.09. The molecule has 6 heteroatoms. The number of benzene rings is 1. The van der Waals surface area contributed by atoms with E-state index < -0.39 is 0 Å². The summed E-state index contributed by atoms with van der Waals surface area (Å²) < 4.78 is 0. The molecule has 0 spiro atoms. The molecule has 2 aromatic heterocycles. The molecule has 3 aromatic rings. The van der Waals surface area contributed by atoms with Crippen LogP contribution in [0.5, 0.6) is 0 Å². The van der Waals surface area contributed by atoms with Crippen LogP contribution < -0.4 is 11.1 Å². The van der Waals surface area contributed by atoms with Gasteiger partial charge in [0.15, 0.2) is 11.6 Å². The summed E-state index contributed by atoms with van der Waals surface area (Å²) in [5, 5.41) is 3.20. The van der Waals surface area contributed by atoms with Crippen LogP contribution in [0.25, 0.3) is 11.3 Å². The Hall–Kier alpha value is -3.02. The molecule has 0 fully saturated rings. The zero-order valence-corrected chi connectivity index (χ0v) is 11.3. The SMILES string of the molecule is Nc1ncc(-c2cncnc2)nc1NCc1ccccc1. The zero-order chi connectivity index (χ0) is 14.5. The fourth-order valence-corrected chi connectivity index (χ4v) is 1.88. The van der Waals surface area contributed by atoms with Crippen LogP contribution in [-0.2, 0) is 6.54 Å². The zero-order valence-electron chi connectivity index (χ0n) is 11.3. The number of hydrogen-bond acceptors (Lipinski definition) is 6. The first-order valence-corrected chi connectivity index (χ1v) is 6.48. The van der Waals surface area contributed by atoms with Gasteiger partial charge in [0.2, 0.25) is 0 Å². The highest BCUT2D eigenvalue weighted by Crippen LogP contribution is 2.20. The molecule has 0 unspecified atom stereocenters. The Morgan fingerprint density at radius 3 is 2.52 bits per heavy atom. The summed E-state index contributed by atoms with van der Waals surface area (Å²) in [5.74, 6) is 0.923. The van der Waals surface area contributed by atoms with Gasteiger partial charge in [0.25, 0.3) is 0 Å². The fourth-order valence-electron chi connectivity index (χ4n) is 1.88. The Morgan fingerprint density at radius 1 is 1.00 bits per heavy atom. The Balaban J connectivity index is 1.82. The van der Waals surface area contributed by atoms with Crippen molar-refractivity contribution in [2.24, 2.45) is 0 Å². The van der Waals surface area contributed by atoms with Crippen molar-refractivity contribution in [1.82, 2.24) is 19.9 Å². The van der Waals surface area contributed by atoms with Crippen molar-refractivity contribution < 1.29 is 0 Å². The van der Waals surface area contributed by atoms with E-state index in [1.807, 2.05) is 30.3 Å². The van der Waals surface area contributed by atoms with Crippen molar-refractivity contribution in [2.45, 2.75) is 6.54 Å². The molecule has 0 radical (unpaired) electrons. The molecule has 6 nitrogen and oxygen atoms in total. The first-order valence-electron chi connectivity index (χ1n) is 6.48. The molecule has 0 amide bonds. The van der Waals surface area contributed by atoms with E-state index in [-0.39, 0.29) is 0 Å². The van der Waals surface area contributed by atoms with E-state index in [4.69, 9.17) is 5.73 Å². The quantitative estimate of drug-likeness (QED) is 0.760. The van der Waals surface area contributed by atoms with Gasteiger partial charge < -0.3 is 11.1 Å². The first kappa shape index (κ1) is 13.0. The molecule has 0 atom stereocenters. The molecular weight excluding hydrogens is 264 g/mol. The van der Waals surface area contributed by atoms with Gasteiger partial charge in [-0.3, -0.25) is 0 Å². The van der Waals surface area contributed by atoms with Crippen LogP contribution >= 0.6 is 0 Å². The minimum atomic E-state index is 0.367. The van der Waals surface area contributed by atoms with Crippen molar-refractivity contribution in [3.8, 4) is 11.3 Å². The van der Waals surface area contributed by atoms with E-state index in [1.165, 1.54) is 6.33 Å². The number of nitrogen functional groups attached to an aromatic ring is 1. The molecule has 1 aromatic carbocycles. The minimum absolute atomic E-state index is 0.367. The van der Waals surface area contributed by atoms with Crippen LogP contribution in [0, 0.1) is 0 Å². The smallest absolute Gasteiger partial charge is 0.169 e. The fraction of sp³-hybridized carbons (Fsp3) is 0.0667. The van der Waals surface area contributed by atoms with Gasteiger partial charge in [-0.25, -0.2) is 19.9 Å². The van der Waals surface area contributed by atoms with Gasteiger partial charge in [0, 0.05) is 24.5 Å². The number of rotatable bonds is 4. The molecular formula is C15H14N6. The third kappa shape index (κ3) is 3.11. The molecule has 0 saturated heterocycles. The summed E-state index contributed by atoms with van der Waals surface area (Å²) in [7, 11) is 0. The van der Waals surface area contributed by atoms with E-state index in [0.29, 0.717) is 23.9 Å². The maximum absolute atomic E-state index is 5.86. The molecule has 21 heavy (non-hydrogen) atoms. The lowest BCUT2D eigenvalue weighted by Gasteiger charge is -2.09. The largest absolute Gasteiger partial charge is 0.381 e. The Morgan fingerprint density at radius 2 is 1.76 bits per heavy atom. The predicted molar refractivity (Wildman–Crippen MR) is 81.2 cm³/mol. The van der Waals surface area contributed by atoms with Crippen LogP contribution in [0.1, 0.15) is 5.56 Å². The third-order valence-electron chi connectivity index (χ3n) is 2.96. The molecule has 0 aliphatic rings. The summed E-state index contributed by atoms with van der Waals surface area (Å²) in [6.07, 6.45) is 6.47. The van der Waals surface area contributed by atoms with Gasteiger partial charge in [-0.1, -0.05) is 30.3 Å². The highest BCUT2D eigenvalue weighted by molar-refractivity contribution is 5.64. The number of hydrogen-bond donors (Lipinski definition) is 2. The molecule has 3 rings (SSSR count). The second kappa shape index (κ2) is 5.96. The highest BCUT2D eigenvalue weighted by Gasteiger charge is 2.06. The van der Waals surface area contributed by atoms with Gasteiger partial charge in [-0.15, -0.1) is 0 Å². The average molecular weight is 278 g/mol. The summed E-state index contributed by atoms with van der Waals surface area (Å²) >= 11 is 0. The van der Waals surface area contributed by atoms with Crippen molar-refractivity contribution in [3.05, 3.63) is 60.8 Å². The molecule has 0 aliphatic heterocycles. The number of nitrogens with one attached hydrogen (secondary N) is 1. The van der Waals surface area contributed by atoms with Crippen molar-refractivity contribution >= 4 is 11.6 Å². The van der Waals surface area contributed by atoms with Gasteiger partial charge >= 0.3 is 0 Å². The number of anilines is 2. The van der Waals surface area contributed by atoms with Crippen molar-refractivity contribution in [2.75, 3.05) is 11.1 Å². The highest BCUT2D eigenvalue weighted by atomic mass is 15.1. The predicted octanol–water partition coefficient (Wildman–Crippen LogP) is 2.13. The van der Waals surface area contributed by atoms with Crippen LogP contribution in [0.3, 0.4) is 0 Å². The van der Waals surface area contributed by atoms with E-state index in [0.717, 1.165) is 11.1 Å². The molecule has 3 N–H and O–H groups in total. The number of nitrogens with zero attached hydrogens (tertiary/aromatic N) is 4. The van der Waals surface area contributed by atoms with E-state index in [2.05, 4.69) is 25.3 Å². The van der Waals surface area contributed by atoms with Crippen LogP contribution in [0.2, 0.25) is 0 Å². The van der Waals surface area contributed by atoms with Gasteiger partial charge in [0.05, 0.1) is 11.9 Å². The maximum Gasteiger partial charge on any atom is 0.169 e. The number of nitrogens with two attached hydrogens (primary N) is 1. The Kier molecular flexibility index (Phi) is 3.68. The maximum atomic E-state index is 5.86. The van der Waals surface area contributed by atoms with E-state index in [1.54, 1.807) is 18.6 Å². The van der Waals surface area contributed by atoms with Crippen molar-refractivity contribution in [3.63, 3.8) is 0 Å². The third-order valence-corrected chi connectivity index (χ3v) is 2.96. The molecule has 0 saturated carbocycles. The normalized spacial score (nSPS) is 10.3. The summed E-state index contributed by atoms with van der Waals surface area (Å²) in [4.78, 5) is 16.6. The second-order valence-corrected chi connectivity index (χ2v) is 4.46.